The summed E-state index contributed by atoms with van der Waals surface area (Å²) in [6.07, 6.45) is -2.77. The van der Waals surface area contributed by atoms with Gasteiger partial charge in [-0.3, -0.25) is 4.79 Å². The molecular formula is C11H10ClF3OS. The van der Waals surface area contributed by atoms with Gasteiger partial charge >= 0.3 is 6.18 Å². The van der Waals surface area contributed by atoms with Gasteiger partial charge in [-0.15, -0.1) is 23.4 Å². The van der Waals surface area contributed by atoms with Crippen molar-refractivity contribution >= 4 is 29.1 Å². The van der Waals surface area contributed by atoms with Crippen LogP contribution in [0.3, 0.4) is 0 Å². The van der Waals surface area contributed by atoms with Gasteiger partial charge in [0.2, 0.25) is 0 Å². The van der Waals surface area contributed by atoms with Crippen LogP contribution in [0.15, 0.2) is 23.1 Å². The summed E-state index contributed by atoms with van der Waals surface area (Å²) in [5.74, 6) is -0.377. The fourth-order valence-electron chi connectivity index (χ4n) is 1.28. The van der Waals surface area contributed by atoms with E-state index in [2.05, 4.69) is 0 Å². The summed E-state index contributed by atoms with van der Waals surface area (Å²) < 4.78 is 37.8. The monoisotopic (exact) mass is 282 g/mol. The molecule has 1 unspecified atom stereocenters. The van der Waals surface area contributed by atoms with Gasteiger partial charge in [0.1, 0.15) is 5.38 Å². The summed E-state index contributed by atoms with van der Waals surface area (Å²) in [7, 11) is 0. The van der Waals surface area contributed by atoms with E-state index < -0.39 is 17.1 Å². The van der Waals surface area contributed by atoms with E-state index in [1.165, 1.54) is 24.8 Å². The average Bonchev–Trinajstić information content (AvgIpc) is 2.26. The average molecular weight is 283 g/mol. The molecule has 0 fully saturated rings. The molecule has 0 N–H and O–H groups in total. The van der Waals surface area contributed by atoms with Crippen molar-refractivity contribution in [3.05, 3.63) is 29.3 Å². The first-order valence-corrected chi connectivity index (χ1v) is 6.32. The Balaban J connectivity index is 3.28. The van der Waals surface area contributed by atoms with Crippen LogP contribution in [0.5, 0.6) is 0 Å². The molecule has 0 aliphatic rings. The van der Waals surface area contributed by atoms with Gasteiger partial charge in [0.25, 0.3) is 0 Å². The Morgan fingerprint density at radius 3 is 2.35 bits per heavy atom. The van der Waals surface area contributed by atoms with Gasteiger partial charge in [-0.25, -0.2) is 0 Å². The smallest absolute Gasteiger partial charge is 0.298 e. The van der Waals surface area contributed by atoms with Crippen LogP contribution in [-0.4, -0.2) is 12.0 Å². The van der Waals surface area contributed by atoms with Crippen molar-refractivity contribution in [2.24, 2.45) is 0 Å². The first kappa shape index (κ1) is 14.4. The van der Waals surface area contributed by atoms with E-state index in [1.807, 2.05) is 0 Å². The summed E-state index contributed by atoms with van der Waals surface area (Å²) in [6.45, 7) is 1.25. The molecule has 1 aromatic carbocycles. The topological polar surface area (TPSA) is 17.1 Å². The van der Waals surface area contributed by atoms with E-state index >= 15 is 0 Å². The van der Waals surface area contributed by atoms with Crippen LogP contribution < -0.4 is 0 Å². The molecule has 0 saturated heterocycles. The first-order valence-electron chi connectivity index (χ1n) is 4.66. The van der Waals surface area contributed by atoms with Crippen molar-refractivity contribution in [1.29, 1.82) is 0 Å². The Kier molecular flexibility index (Phi) is 4.49. The van der Waals surface area contributed by atoms with Crippen LogP contribution >= 0.6 is 23.4 Å². The Hall–Kier alpha value is -0.680. The lowest BCUT2D eigenvalue weighted by molar-refractivity contribution is -0.137. The maximum absolute atomic E-state index is 12.6. The highest BCUT2D eigenvalue weighted by Gasteiger charge is 2.32. The van der Waals surface area contributed by atoms with Gasteiger partial charge in [0, 0.05) is 4.90 Å². The van der Waals surface area contributed by atoms with Crippen LogP contribution in [-0.2, 0) is 11.0 Å². The highest BCUT2D eigenvalue weighted by molar-refractivity contribution is 7.98. The molecule has 0 radical (unpaired) electrons. The van der Waals surface area contributed by atoms with Crippen LogP contribution in [0.1, 0.15) is 23.4 Å². The number of ketones is 1. The SMILES string of the molecule is CSc1cc(C(Cl)C(C)=O)cc(C(F)(F)F)c1. The maximum Gasteiger partial charge on any atom is 0.416 e. The number of rotatable bonds is 3. The summed E-state index contributed by atoms with van der Waals surface area (Å²) in [6, 6.07) is 3.45. The van der Waals surface area contributed by atoms with Gasteiger partial charge in [-0.05, 0) is 36.9 Å². The largest absolute Gasteiger partial charge is 0.416 e. The third-order valence-corrected chi connectivity index (χ3v) is 3.41. The second kappa shape index (κ2) is 5.31. The van der Waals surface area contributed by atoms with Crippen molar-refractivity contribution in [1.82, 2.24) is 0 Å². The van der Waals surface area contributed by atoms with Crippen molar-refractivity contribution in [2.45, 2.75) is 23.4 Å². The number of carbonyl (C=O) groups excluding carboxylic acids is 1. The van der Waals surface area contributed by atoms with Crippen LogP contribution in [0.2, 0.25) is 0 Å². The van der Waals surface area contributed by atoms with Gasteiger partial charge < -0.3 is 0 Å². The molecule has 17 heavy (non-hydrogen) atoms. The number of thioether (sulfide) groups is 1. The minimum absolute atomic E-state index is 0.179. The van der Waals surface area contributed by atoms with Crippen molar-refractivity contribution in [3.63, 3.8) is 0 Å². The highest BCUT2D eigenvalue weighted by atomic mass is 35.5. The molecular weight excluding hydrogens is 273 g/mol. The number of carbonyl (C=O) groups is 1. The molecule has 0 spiro atoms. The maximum atomic E-state index is 12.6. The van der Waals surface area contributed by atoms with Gasteiger partial charge in [-0.2, -0.15) is 13.2 Å². The Morgan fingerprint density at radius 2 is 1.94 bits per heavy atom. The van der Waals surface area contributed by atoms with E-state index in [0.717, 1.165) is 12.1 Å². The Morgan fingerprint density at radius 1 is 1.35 bits per heavy atom. The third-order valence-electron chi connectivity index (χ3n) is 2.14. The van der Waals surface area contributed by atoms with Crippen molar-refractivity contribution < 1.29 is 18.0 Å². The fraction of sp³-hybridized carbons (Fsp3) is 0.364. The standard InChI is InChI=1S/C11H10ClF3OS/c1-6(16)10(12)7-3-8(11(13,14)15)5-9(4-7)17-2/h3-5,10H,1-2H3. The summed E-state index contributed by atoms with van der Waals surface area (Å²) in [5.41, 5.74) is -0.607. The molecule has 0 saturated carbocycles. The molecule has 1 nitrogen and oxygen atoms in total. The van der Waals surface area contributed by atoms with Crippen molar-refractivity contribution in [3.8, 4) is 0 Å². The zero-order valence-electron chi connectivity index (χ0n) is 9.14. The first-order chi connectivity index (χ1) is 7.75. The molecule has 0 bridgehead atoms. The lowest BCUT2D eigenvalue weighted by atomic mass is 10.1. The lowest BCUT2D eigenvalue weighted by Crippen LogP contribution is -2.08. The van der Waals surface area contributed by atoms with Crippen LogP contribution in [0.25, 0.3) is 0 Å². The molecule has 6 heteroatoms. The number of hydrogen-bond acceptors (Lipinski definition) is 2. The quantitative estimate of drug-likeness (QED) is 0.607. The van der Waals surface area contributed by atoms with E-state index in [0.29, 0.717) is 4.90 Å². The molecule has 0 aliphatic heterocycles. The van der Waals surface area contributed by atoms with E-state index in [9.17, 15) is 18.0 Å². The molecule has 1 aromatic rings. The van der Waals surface area contributed by atoms with Crippen LogP contribution in [0.4, 0.5) is 13.2 Å². The van der Waals surface area contributed by atoms with Crippen molar-refractivity contribution in [2.75, 3.05) is 6.26 Å². The van der Waals surface area contributed by atoms with Gasteiger partial charge in [-0.1, -0.05) is 0 Å². The zero-order valence-corrected chi connectivity index (χ0v) is 10.7. The summed E-state index contributed by atoms with van der Waals surface area (Å²) in [5, 5.41) is -1.04. The second-order valence-electron chi connectivity index (χ2n) is 3.47. The number of alkyl halides is 4. The molecule has 0 aliphatic carbocycles. The molecule has 0 aromatic heterocycles. The molecule has 0 amide bonds. The third kappa shape index (κ3) is 3.64. The Bertz CT molecular complexity index is 431. The van der Waals surface area contributed by atoms with E-state index in [1.54, 1.807) is 6.26 Å². The minimum atomic E-state index is -4.44. The molecule has 0 heterocycles. The number of hydrogen-bond donors (Lipinski definition) is 0. The fourth-order valence-corrected chi connectivity index (χ4v) is 1.91. The van der Waals surface area contributed by atoms with Gasteiger partial charge in [0.05, 0.1) is 5.56 Å². The van der Waals surface area contributed by atoms with E-state index in [4.69, 9.17) is 11.6 Å². The Labute approximate surface area is 106 Å². The second-order valence-corrected chi connectivity index (χ2v) is 4.78. The molecule has 1 atom stereocenters. The predicted molar refractivity (Wildman–Crippen MR) is 62.5 cm³/mol. The highest BCUT2D eigenvalue weighted by Crippen LogP contribution is 2.35. The molecule has 1 rings (SSSR count). The van der Waals surface area contributed by atoms with E-state index in [-0.39, 0.29) is 11.3 Å². The molecule has 94 valence electrons. The van der Waals surface area contributed by atoms with Gasteiger partial charge in [0.15, 0.2) is 5.78 Å². The number of Topliss-reactive ketones (excluding diaryl/α,β-unsaturated/α-hetero) is 1. The number of benzene rings is 1. The minimum Gasteiger partial charge on any atom is -0.298 e. The lowest BCUT2D eigenvalue weighted by Gasteiger charge is -2.13. The summed E-state index contributed by atoms with van der Waals surface area (Å²) >= 11 is 6.94. The summed E-state index contributed by atoms with van der Waals surface area (Å²) in [4.78, 5) is 11.5. The predicted octanol–water partition coefficient (Wildman–Crippen LogP) is 4.30. The van der Waals surface area contributed by atoms with Crippen LogP contribution in [0, 0.1) is 0 Å². The zero-order chi connectivity index (χ0) is 13.2. The normalized spacial score (nSPS) is 13.5. The number of halogens is 4.